The van der Waals surface area contributed by atoms with E-state index in [-0.39, 0.29) is 22.1 Å². The van der Waals surface area contributed by atoms with E-state index in [1.807, 2.05) is 0 Å². The van der Waals surface area contributed by atoms with E-state index in [1.54, 1.807) is 19.0 Å². The van der Waals surface area contributed by atoms with Crippen molar-refractivity contribution in [1.82, 2.24) is 5.32 Å². The molecule has 8 nitrogen and oxygen atoms in total. The van der Waals surface area contributed by atoms with Crippen molar-refractivity contribution in [2.75, 3.05) is 23.9 Å². The van der Waals surface area contributed by atoms with Gasteiger partial charge in [0.15, 0.2) is 5.11 Å². The summed E-state index contributed by atoms with van der Waals surface area (Å²) < 4.78 is 13.2. The molecule has 2 amide bonds. The van der Waals surface area contributed by atoms with E-state index in [2.05, 4.69) is 5.32 Å². The number of nitrogens with one attached hydrogen (secondary N) is 1. The molecule has 1 saturated heterocycles. The number of hydrogen-bond donors (Lipinski definition) is 1. The first-order valence-corrected chi connectivity index (χ1v) is 8.72. The van der Waals surface area contributed by atoms with Gasteiger partial charge in [-0.2, -0.15) is 0 Å². The Morgan fingerprint density at radius 3 is 2.41 bits per heavy atom. The number of hydrogen-bond acceptors (Lipinski definition) is 6. The highest BCUT2D eigenvalue weighted by Gasteiger charge is 2.34. The molecule has 3 rings (SSSR count). The van der Waals surface area contributed by atoms with Crippen molar-refractivity contribution in [3.8, 4) is 0 Å². The highest BCUT2D eigenvalue weighted by molar-refractivity contribution is 7.80. The molecule has 1 N–H and O–H groups in total. The van der Waals surface area contributed by atoms with Gasteiger partial charge >= 0.3 is 0 Å². The molecule has 148 valence electrons. The fourth-order valence-electron chi connectivity index (χ4n) is 2.82. The Morgan fingerprint density at radius 2 is 1.83 bits per heavy atom. The maximum atomic E-state index is 13.2. The van der Waals surface area contributed by atoms with Crippen LogP contribution in [0.4, 0.5) is 21.5 Å². The summed E-state index contributed by atoms with van der Waals surface area (Å²) in [5.41, 5.74) is 0.725. The van der Waals surface area contributed by atoms with Crippen LogP contribution in [0.25, 0.3) is 6.08 Å². The van der Waals surface area contributed by atoms with E-state index >= 15 is 0 Å². The van der Waals surface area contributed by atoms with Gasteiger partial charge < -0.3 is 4.90 Å². The Morgan fingerprint density at radius 1 is 1.17 bits per heavy atom. The lowest BCUT2D eigenvalue weighted by Gasteiger charge is -2.29. The van der Waals surface area contributed by atoms with Crippen LogP contribution in [0.1, 0.15) is 5.56 Å². The molecule has 0 saturated carbocycles. The topological polar surface area (TPSA) is 95.8 Å². The van der Waals surface area contributed by atoms with Crippen LogP contribution in [0.3, 0.4) is 0 Å². The summed E-state index contributed by atoms with van der Waals surface area (Å²) in [6.07, 6.45) is 1.28. The second kappa shape index (κ2) is 7.76. The van der Waals surface area contributed by atoms with Gasteiger partial charge in [-0.3, -0.25) is 29.9 Å². The number of benzene rings is 2. The van der Waals surface area contributed by atoms with E-state index in [0.29, 0.717) is 11.3 Å². The number of carbonyl (C=O) groups is 2. The number of non-ortho nitro benzene ring substituents is 1. The summed E-state index contributed by atoms with van der Waals surface area (Å²) in [5.74, 6) is -1.94. The zero-order valence-electron chi connectivity index (χ0n) is 15.4. The van der Waals surface area contributed by atoms with Crippen molar-refractivity contribution in [3.63, 3.8) is 0 Å². The lowest BCUT2D eigenvalue weighted by Crippen LogP contribution is -2.54. The van der Waals surface area contributed by atoms with E-state index in [0.717, 1.165) is 17.0 Å². The summed E-state index contributed by atoms with van der Waals surface area (Å²) in [7, 11) is 3.46. The number of anilines is 2. The maximum absolute atomic E-state index is 13.2. The highest BCUT2D eigenvalue weighted by atomic mass is 32.1. The summed E-state index contributed by atoms with van der Waals surface area (Å²) in [5, 5.41) is 13.4. The quantitative estimate of drug-likeness (QED) is 0.272. The Balaban J connectivity index is 2.10. The number of carbonyl (C=O) groups excluding carboxylic acids is 2. The molecule has 1 heterocycles. The molecule has 10 heteroatoms. The minimum Gasteiger partial charge on any atom is -0.377 e. The Bertz CT molecular complexity index is 1070. The van der Waals surface area contributed by atoms with Crippen molar-refractivity contribution in [2.24, 2.45) is 0 Å². The molecule has 0 atom stereocenters. The molecule has 2 aromatic carbocycles. The molecular weight excluding hydrogens is 399 g/mol. The standard InChI is InChI=1S/C19H15FN4O4S/c1-22(2)16-8-7-14(24(27)28)9-11(16)10-15-17(25)21-19(29)23(18(15)26)13-5-3-12(20)4-6-13/h3-10H,1-2H3,(H,21,25,29)/b15-10-. The first-order valence-electron chi connectivity index (χ1n) is 8.32. The number of rotatable bonds is 4. The van der Waals surface area contributed by atoms with E-state index in [9.17, 15) is 24.1 Å². The molecule has 0 aliphatic carbocycles. The Hall–Kier alpha value is -3.66. The zero-order valence-corrected chi connectivity index (χ0v) is 16.2. The van der Waals surface area contributed by atoms with Gasteiger partial charge in [0.2, 0.25) is 0 Å². The van der Waals surface area contributed by atoms with Crippen molar-refractivity contribution >= 4 is 52.3 Å². The van der Waals surface area contributed by atoms with Crippen LogP contribution in [0.2, 0.25) is 0 Å². The molecule has 0 spiro atoms. The number of nitrogens with zero attached hydrogens (tertiary/aromatic N) is 3. The molecule has 0 unspecified atom stereocenters. The monoisotopic (exact) mass is 414 g/mol. The lowest BCUT2D eigenvalue weighted by atomic mass is 10.0. The molecule has 0 bridgehead atoms. The second-order valence-electron chi connectivity index (χ2n) is 6.33. The number of nitro groups is 1. The molecule has 1 aliphatic heterocycles. The predicted octanol–water partition coefficient (Wildman–Crippen LogP) is 2.63. The summed E-state index contributed by atoms with van der Waals surface area (Å²) in [6, 6.07) is 9.17. The molecular formula is C19H15FN4O4S. The lowest BCUT2D eigenvalue weighted by molar-refractivity contribution is -0.384. The van der Waals surface area contributed by atoms with Crippen molar-refractivity contribution in [1.29, 1.82) is 0 Å². The molecule has 2 aromatic rings. The van der Waals surface area contributed by atoms with Gasteiger partial charge in [-0.1, -0.05) is 0 Å². The molecule has 29 heavy (non-hydrogen) atoms. The van der Waals surface area contributed by atoms with Crippen LogP contribution in [-0.2, 0) is 9.59 Å². The number of amides is 2. The Kier molecular flexibility index (Phi) is 5.37. The van der Waals surface area contributed by atoms with Crippen molar-refractivity contribution < 1.29 is 18.9 Å². The van der Waals surface area contributed by atoms with Gasteiger partial charge in [-0.25, -0.2) is 4.39 Å². The third-order valence-corrected chi connectivity index (χ3v) is 4.47. The minimum atomic E-state index is -0.727. The van der Waals surface area contributed by atoms with Crippen LogP contribution in [0.15, 0.2) is 48.0 Å². The average Bonchev–Trinajstić information content (AvgIpc) is 2.66. The number of nitro benzene ring substituents is 1. The van der Waals surface area contributed by atoms with Gasteiger partial charge in [0.25, 0.3) is 17.5 Å². The zero-order chi connectivity index (χ0) is 21.3. The molecule has 0 aromatic heterocycles. The van der Waals surface area contributed by atoms with E-state index < -0.39 is 22.6 Å². The SMILES string of the molecule is CN(C)c1ccc([N+](=O)[O-])cc1/C=C1/C(=O)NC(=S)N(c2ccc(F)cc2)C1=O. The molecule has 1 aliphatic rings. The molecule has 0 radical (unpaired) electrons. The first kappa shape index (κ1) is 20.1. The minimum absolute atomic E-state index is 0.143. The smallest absolute Gasteiger partial charge is 0.270 e. The van der Waals surface area contributed by atoms with E-state index in [1.165, 1.54) is 36.4 Å². The van der Waals surface area contributed by atoms with Crippen LogP contribution in [0.5, 0.6) is 0 Å². The average molecular weight is 414 g/mol. The maximum Gasteiger partial charge on any atom is 0.270 e. The van der Waals surface area contributed by atoms with Crippen molar-refractivity contribution in [2.45, 2.75) is 0 Å². The summed E-state index contributed by atoms with van der Waals surface area (Å²) in [6.45, 7) is 0. The third-order valence-electron chi connectivity index (χ3n) is 4.19. The summed E-state index contributed by atoms with van der Waals surface area (Å²) >= 11 is 5.09. The second-order valence-corrected chi connectivity index (χ2v) is 6.72. The normalized spacial score (nSPS) is 15.5. The molecule has 1 fully saturated rings. The number of thiocarbonyl (C=S) groups is 1. The fourth-order valence-corrected chi connectivity index (χ4v) is 3.10. The first-order chi connectivity index (χ1) is 13.7. The van der Waals surface area contributed by atoms with Gasteiger partial charge in [-0.15, -0.1) is 0 Å². The largest absolute Gasteiger partial charge is 0.377 e. The summed E-state index contributed by atoms with van der Waals surface area (Å²) in [4.78, 5) is 38.8. The van der Waals surface area contributed by atoms with Crippen LogP contribution >= 0.6 is 12.2 Å². The predicted molar refractivity (Wildman–Crippen MR) is 110 cm³/mol. The number of halogens is 1. The fraction of sp³-hybridized carbons (Fsp3) is 0.105. The van der Waals surface area contributed by atoms with Gasteiger partial charge in [0, 0.05) is 37.5 Å². The van der Waals surface area contributed by atoms with E-state index in [4.69, 9.17) is 12.2 Å². The van der Waals surface area contributed by atoms with Crippen LogP contribution < -0.4 is 15.1 Å². The van der Waals surface area contributed by atoms with Gasteiger partial charge in [0.05, 0.1) is 10.6 Å². The van der Waals surface area contributed by atoms with Gasteiger partial charge in [-0.05, 0) is 48.6 Å². The van der Waals surface area contributed by atoms with Crippen molar-refractivity contribution in [3.05, 3.63) is 69.5 Å². The van der Waals surface area contributed by atoms with Crippen LogP contribution in [0, 0.1) is 15.9 Å². The van der Waals surface area contributed by atoms with Crippen LogP contribution in [-0.4, -0.2) is 35.9 Å². The van der Waals surface area contributed by atoms with Gasteiger partial charge in [0.1, 0.15) is 11.4 Å². The Labute approximate surface area is 170 Å². The highest BCUT2D eigenvalue weighted by Crippen LogP contribution is 2.28. The third kappa shape index (κ3) is 3.97.